The smallest absolute Gasteiger partial charge is 0.872 e. The van der Waals surface area contributed by atoms with Crippen LogP contribution in [0.1, 0.15) is 11.1 Å². The van der Waals surface area contributed by atoms with E-state index in [9.17, 15) is 10.2 Å². The van der Waals surface area contributed by atoms with Crippen LogP contribution in [0.2, 0.25) is 0 Å². The van der Waals surface area contributed by atoms with Crippen LogP contribution in [0.4, 0.5) is 0 Å². The number of aromatic nitrogens is 2. The van der Waals surface area contributed by atoms with Crippen LogP contribution >= 0.6 is 12.2 Å². The first-order valence-electron chi connectivity index (χ1n) is 13.7. The second-order valence-corrected chi connectivity index (χ2v) is 10.2. The summed E-state index contributed by atoms with van der Waals surface area (Å²) >= 11 is 5.10. The minimum absolute atomic E-state index is 0. The predicted molar refractivity (Wildman–Crippen MR) is 178 cm³/mol. The fourth-order valence-corrected chi connectivity index (χ4v) is 4.81. The summed E-state index contributed by atoms with van der Waals surface area (Å²) < 4.78 is 0. The van der Waals surface area contributed by atoms with E-state index in [0.717, 1.165) is 43.4 Å². The van der Waals surface area contributed by atoms with Crippen molar-refractivity contribution in [3.8, 4) is 11.5 Å². The number of nitrogens with zero attached hydrogens (tertiary/aromatic N) is 4. The average molecular weight is 649 g/mol. The molecule has 5 aromatic carbocycles. The Kier molecular flexibility index (Phi) is 9.91. The third-order valence-electron chi connectivity index (χ3n) is 6.84. The molecule has 1 radical (unpaired) electrons. The first-order chi connectivity index (χ1) is 21.5. The van der Waals surface area contributed by atoms with Gasteiger partial charge in [-0.15, -0.1) is 0 Å². The molecule has 8 nitrogen and oxygen atoms in total. The third-order valence-corrected chi connectivity index (χ3v) is 7.02. The van der Waals surface area contributed by atoms with Crippen LogP contribution < -0.4 is 21.1 Å². The van der Waals surface area contributed by atoms with Crippen molar-refractivity contribution in [3.63, 3.8) is 0 Å². The number of hydrogen-bond acceptors (Lipinski definition) is 7. The Hall–Kier alpha value is -5.41. The van der Waals surface area contributed by atoms with Gasteiger partial charge in [0.15, 0.2) is 0 Å². The summed E-state index contributed by atoms with van der Waals surface area (Å²) in [6.45, 7) is 0. The van der Waals surface area contributed by atoms with E-state index in [-0.39, 0.29) is 33.7 Å². The summed E-state index contributed by atoms with van der Waals surface area (Å²) in [4.78, 5) is 8.69. The van der Waals surface area contributed by atoms with E-state index in [1.165, 1.54) is 12.4 Å². The van der Waals surface area contributed by atoms with Crippen LogP contribution in [-0.4, -0.2) is 27.5 Å². The molecule has 0 saturated heterocycles. The fraction of sp³-hybridized carbons (Fsp3) is 0. The van der Waals surface area contributed by atoms with Gasteiger partial charge in [-0.05, 0) is 69.2 Å². The molecule has 10 heteroatoms. The van der Waals surface area contributed by atoms with Crippen molar-refractivity contribution in [3.05, 3.63) is 133 Å². The summed E-state index contributed by atoms with van der Waals surface area (Å²) in [6.07, 6.45) is 6.42. The van der Waals surface area contributed by atoms with E-state index in [1.807, 2.05) is 60.7 Å². The third kappa shape index (κ3) is 7.39. The quantitative estimate of drug-likeness (QED) is 0.0820. The Morgan fingerprint density at radius 1 is 0.556 bits per heavy atom. The van der Waals surface area contributed by atoms with Crippen molar-refractivity contribution in [1.29, 1.82) is 0 Å². The first kappa shape index (κ1) is 31.0. The Balaban J connectivity index is 0.000000222. The monoisotopic (exact) mass is 648 g/mol. The molecule has 2 heterocycles. The molecule has 0 aliphatic carbocycles. The number of pyridine rings is 2. The molecule has 7 aromatic rings. The Morgan fingerprint density at radius 2 is 0.933 bits per heavy atom. The molecule has 2 N–H and O–H groups in total. The van der Waals surface area contributed by atoms with Crippen molar-refractivity contribution in [2.24, 2.45) is 10.2 Å². The van der Waals surface area contributed by atoms with E-state index >= 15 is 0 Å². The van der Waals surface area contributed by atoms with Crippen LogP contribution in [0.5, 0.6) is 11.5 Å². The first-order valence-corrected chi connectivity index (χ1v) is 14.1. The van der Waals surface area contributed by atoms with Gasteiger partial charge < -0.3 is 10.2 Å². The van der Waals surface area contributed by atoms with Gasteiger partial charge in [-0.3, -0.25) is 20.8 Å². The molecule has 45 heavy (non-hydrogen) atoms. The largest absolute Gasteiger partial charge is 3.00 e. The van der Waals surface area contributed by atoms with Crippen molar-refractivity contribution in [2.75, 3.05) is 0 Å². The van der Waals surface area contributed by atoms with Crippen LogP contribution in [-0.2, 0) is 17.1 Å². The van der Waals surface area contributed by atoms with E-state index in [0.29, 0.717) is 11.1 Å². The SMILES string of the molecule is [Fe+3].[O-]c1cc2ccccc2cc1/C=N/NC(=S)N/N=C/c1cc2ccccc2cc1[O-].c1cnc2c(c1)ccc1cccnc12. The minimum atomic E-state index is -0.129. The zero-order chi connectivity index (χ0) is 30.3. The molecule has 0 amide bonds. The molecule has 2 aromatic heterocycles. The summed E-state index contributed by atoms with van der Waals surface area (Å²) in [7, 11) is 0. The zero-order valence-corrected chi connectivity index (χ0v) is 25.5. The topological polar surface area (TPSA) is 121 Å². The maximum atomic E-state index is 12.1. The molecule has 0 aliphatic rings. The van der Waals surface area contributed by atoms with Gasteiger partial charge in [-0.2, -0.15) is 10.2 Å². The van der Waals surface area contributed by atoms with E-state index in [2.05, 4.69) is 55.3 Å². The molecule has 0 saturated carbocycles. The molecule has 7 rings (SSSR count). The normalized spacial score (nSPS) is 11.0. The van der Waals surface area contributed by atoms with E-state index in [4.69, 9.17) is 12.2 Å². The number of fused-ring (bicyclic) bond motifs is 5. The maximum Gasteiger partial charge on any atom is 3.00 e. The molecule has 0 fully saturated rings. The number of rotatable bonds is 4. The Labute approximate surface area is 274 Å². The van der Waals surface area contributed by atoms with Crippen LogP contribution in [0.25, 0.3) is 43.4 Å². The number of thiocarbonyl (C=S) groups is 1. The maximum absolute atomic E-state index is 12.1. The van der Waals surface area contributed by atoms with Crippen LogP contribution in [0.15, 0.2) is 132 Å². The standard InChI is InChI=1S/C23H18N4O2S.C12H8N2.Fe/c28-21-11-17-7-3-1-5-15(17)9-19(21)13-24-26-23(30)27-25-14-20-10-16-6-2-4-8-18(16)12-22(20)29;1-3-9-5-6-10-4-2-8-14-12(10)11(9)13-7-1;/h1-14,28-29H,(H2,26,27,30);1-8H;/q;;+3/p-2/b24-13+,25-14+;;. The molecular formula is C35H24FeN6O2S+. The minimum Gasteiger partial charge on any atom is -0.872 e. The van der Waals surface area contributed by atoms with E-state index < -0.39 is 0 Å². The Morgan fingerprint density at radius 3 is 1.36 bits per heavy atom. The molecule has 0 spiro atoms. The van der Waals surface area contributed by atoms with Gasteiger partial charge in [-0.1, -0.05) is 96.4 Å². The molecule has 219 valence electrons. The van der Waals surface area contributed by atoms with Gasteiger partial charge in [-0.25, -0.2) is 0 Å². The van der Waals surface area contributed by atoms with Gasteiger partial charge in [0.2, 0.25) is 5.11 Å². The van der Waals surface area contributed by atoms with Gasteiger partial charge in [0.1, 0.15) is 0 Å². The van der Waals surface area contributed by atoms with Gasteiger partial charge >= 0.3 is 17.1 Å². The van der Waals surface area contributed by atoms with Crippen LogP contribution in [0, 0.1) is 0 Å². The number of nitrogens with one attached hydrogen (secondary N) is 2. The number of hydrogen-bond donors (Lipinski definition) is 2. The molecular weight excluding hydrogens is 624 g/mol. The van der Waals surface area contributed by atoms with Gasteiger partial charge in [0.05, 0.1) is 23.5 Å². The predicted octanol–water partition coefficient (Wildman–Crippen LogP) is 5.75. The summed E-state index contributed by atoms with van der Waals surface area (Å²) in [5.41, 5.74) is 8.03. The molecule has 0 bridgehead atoms. The van der Waals surface area contributed by atoms with E-state index in [1.54, 1.807) is 36.7 Å². The summed E-state index contributed by atoms with van der Waals surface area (Å²) in [5.74, 6) is -0.258. The summed E-state index contributed by atoms with van der Waals surface area (Å²) in [6, 6.07) is 34.0. The molecule has 0 atom stereocenters. The van der Waals surface area contributed by atoms with Gasteiger partial charge in [0, 0.05) is 23.2 Å². The fourth-order valence-electron chi connectivity index (χ4n) is 4.70. The second kappa shape index (κ2) is 14.4. The molecule has 0 aliphatic heterocycles. The van der Waals surface area contributed by atoms with Crippen LogP contribution in [0.3, 0.4) is 0 Å². The molecule has 0 unspecified atom stereocenters. The van der Waals surface area contributed by atoms with Crippen molar-refractivity contribution in [1.82, 2.24) is 20.8 Å². The summed E-state index contributed by atoms with van der Waals surface area (Å²) in [5, 5.41) is 38.3. The Bertz CT molecular complexity index is 2050. The van der Waals surface area contributed by atoms with Crippen molar-refractivity contribution < 1.29 is 27.3 Å². The zero-order valence-electron chi connectivity index (χ0n) is 23.6. The number of benzene rings is 5. The second-order valence-electron chi connectivity index (χ2n) is 9.76. The van der Waals surface area contributed by atoms with Crippen molar-refractivity contribution in [2.45, 2.75) is 0 Å². The average Bonchev–Trinajstić information content (AvgIpc) is 3.05. The number of hydrazone groups is 2. The van der Waals surface area contributed by atoms with Gasteiger partial charge in [0.25, 0.3) is 0 Å². The van der Waals surface area contributed by atoms with Crippen molar-refractivity contribution >= 4 is 73.1 Å².